The smallest absolute Gasteiger partial charge is 0.122 e. The lowest BCUT2D eigenvalue weighted by atomic mass is 10.1. The maximum absolute atomic E-state index is 7.56. The van der Waals surface area contributed by atoms with Crippen LogP contribution in [-0.4, -0.2) is 44.1 Å². The molecule has 0 aromatic carbocycles. The number of nitrogens with one attached hydrogen (secondary N) is 2. The van der Waals surface area contributed by atoms with Crippen LogP contribution in [0.4, 0.5) is 0 Å². The van der Waals surface area contributed by atoms with E-state index in [9.17, 15) is 0 Å². The number of hydrogen-bond acceptors (Lipinski definition) is 3. The summed E-state index contributed by atoms with van der Waals surface area (Å²) >= 11 is 0. The van der Waals surface area contributed by atoms with Crippen LogP contribution in [0, 0.1) is 5.41 Å². The van der Waals surface area contributed by atoms with E-state index >= 15 is 0 Å². The van der Waals surface area contributed by atoms with Crippen LogP contribution >= 0.6 is 0 Å². The fourth-order valence-electron chi connectivity index (χ4n) is 1.05. The van der Waals surface area contributed by atoms with E-state index < -0.39 is 0 Å². The van der Waals surface area contributed by atoms with E-state index in [0.717, 1.165) is 13.1 Å². The van der Waals surface area contributed by atoms with Crippen molar-refractivity contribution in [2.45, 2.75) is 20.0 Å². The van der Waals surface area contributed by atoms with Gasteiger partial charge in [0.05, 0.1) is 6.10 Å². The first-order chi connectivity index (χ1) is 6.77. The highest BCUT2D eigenvalue weighted by atomic mass is 16.5. The van der Waals surface area contributed by atoms with Gasteiger partial charge in [0.1, 0.15) is 5.84 Å². The molecule has 82 valence electrons. The van der Waals surface area contributed by atoms with Gasteiger partial charge in [0.15, 0.2) is 0 Å². The summed E-state index contributed by atoms with van der Waals surface area (Å²) in [7, 11) is 3.52. The molecule has 2 N–H and O–H groups in total. The van der Waals surface area contributed by atoms with Crippen LogP contribution < -0.4 is 5.32 Å². The Balaban J connectivity index is 0.000000791. The number of hydrogen-bond donors (Lipinski definition) is 2. The van der Waals surface area contributed by atoms with Gasteiger partial charge in [-0.1, -0.05) is 13.8 Å². The van der Waals surface area contributed by atoms with Crippen molar-refractivity contribution in [3.63, 3.8) is 0 Å². The van der Waals surface area contributed by atoms with Gasteiger partial charge in [-0.2, -0.15) is 0 Å². The molecule has 0 radical (unpaired) electrons. The minimum Gasteiger partial charge on any atom is -0.394 e. The molecule has 0 amide bonds. The van der Waals surface area contributed by atoms with Gasteiger partial charge in [0.2, 0.25) is 0 Å². The van der Waals surface area contributed by atoms with Crippen LogP contribution in [0.2, 0.25) is 0 Å². The highest BCUT2D eigenvalue weighted by Gasteiger charge is 2.26. The van der Waals surface area contributed by atoms with Gasteiger partial charge >= 0.3 is 0 Å². The zero-order chi connectivity index (χ0) is 11.0. The fourth-order valence-corrected chi connectivity index (χ4v) is 1.05. The molecule has 1 fully saturated rings. The first kappa shape index (κ1) is 13.0. The Morgan fingerprint density at radius 1 is 1.50 bits per heavy atom. The minimum absolute atomic E-state index is 0.313. The predicted octanol–water partition coefficient (Wildman–Crippen LogP) is 1.05. The lowest BCUT2D eigenvalue weighted by Crippen LogP contribution is -2.53. The van der Waals surface area contributed by atoms with Gasteiger partial charge in [-0.25, -0.2) is 0 Å². The summed E-state index contributed by atoms with van der Waals surface area (Å²) in [6.45, 7) is 5.67. The molecule has 14 heavy (non-hydrogen) atoms. The Hall–Kier alpha value is -1.03. The molecule has 4 nitrogen and oxygen atoms in total. The molecule has 1 heterocycles. The van der Waals surface area contributed by atoms with Crippen LogP contribution in [0.25, 0.3) is 0 Å². The zero-order valence-electron chi connectivity index (χ0n) is 9.50. The van der Waals surface area contributed by atoms with Crippen LogP contribution in [0.5, 0.6) is 0 Å². The van der Waals surface area contributed by atoms with Crippen molar-refractivity contribution in [1.29, 1.82) is 5.41 Å². The van der Waals surface area contributed by atoms with Gasteiger partial charge in [-0.05, 0) is 12.3 Å². The van der Waals surface area contributed by atoms with Gasteiger partial charge in [-0.15, -0.1) is 0 Å². The lowest BCUT2D eigenvalue weighted by Gasteiger charge is -2.39. The van der Waals surface area contributed by atoms with Gasteiger partial charge in [0.25, 0.3) is 0 Å². The predicted molar refractivity (Wildman–Crippen MR) is 59.6 cm³/mol. The molecule has 4 heteroatoms. The number of nitrogens with zero attached hydrogens (tertiary/aromatic N) is 1. The maximum Gasteiger partial charge on any atom is 0.122 e. The second kappa shape index (κ2) is 7.38. The van der Waals surface area contributed by atoms with Crippen molar-refractivity contribution in [2.24, 2.45) is 0 Å². The Bertz CT molecular complexity index is 186. The molecular formula is C10H21N3O. The normalized spacial score (nSPS) is 15.9. The molecule has 1 saturated heterocycles. The summed E-state index contributed by atoms with van der Waals surface area (Å²) < 4.78 is 5.09. The first-order valence-electron chi connectivity index (χ1n) is 4.98. The molecule has 0 aromatic rings. The van der Waals surface area contributed by atoms with Crippen LogP contribution in [0.3, 0.4) is 0 Å². The van der Waals surface area contributed by atoms with Gasteiger partial charge < -0.3 is 15.0 Å². The Labute approximate surface area is 86.4 Å². The van der Waals surface area contributed by atoms with Crippen molar-refractivity contribution in [2.75, 3.05) is 27.2 Å². The number of methoxy groups -OCH3 is 1. The summed E-state index contributed by atoms with van der Waals surface area (Å²) in [4.78, 5) is 1.96. The van der Waals surface area contributed by atoms with E-state index in [-0.39, 0.29) is 0 Å². The van der Waals surface area contributed by atoms with E-state index in [1.807, 2.05) is 25.8 Å². The Morgan fingerprint density at radius 3 is 2.50 bits per heavy atom. The van der Waals surface area contributed by atoms with E-state index in [2.05, 4.69) is 5.32 Å². The molecule has 0 unspecified atom stereocenters. The molecule has 0 aliphatic carbocycles. The van der Waals surface area contributed by atoms with E-state index in [0.29, 0.717) is 11.9 Å². The summed E-state index contributed by atoms with van der Waals surface area (Å²) in [5.41, 5.74) is 0. The summed E-state index contributed by atoms with van der Waals surface area (Å²) in [5, 5.41) is 10.4. The number of rotatable bonds is 3. The molecule has 0 aromatic heterocycles. The van der Waals surface area contributed by atoms with Crippen molar-refractivity contribution < 1.29 is 4.74 Å². The lowest BCUT2D eigenvalue weighted by molar-refractivity contribution is 0.00593. The molecule has 0 bridgehead atoms. The number of amidine groups is 1. The monoisotopic (exact) mass is 199 g/mol. The fraction of sp³-hybridized carbons (Fsp3) is 0.700. The SMILES string of the molecule is CC.CN/C=C\C(=N)N1CC(OC)C1. The highest BCUT2D eigenvalue weighted by Crippen LogP contribution is 2.10. The Morgan fingerprint density at radius 2 is 2.07 bits per heavy atom. The van der Waals surface area contributed by atoms with Crippen LogP contribution in [0.15, 0.2) is 12.3 Å². The van der Waals surface area contributed by atoms with Crippen molar-refractivity contribution in [3.05, 3.63) is 12.3 Å². The van der Waals surface area contributed by atoms with Crippen LogP contribution in [-0.2, 0) is 4.74 Å². The van der Waals surface area contributed by atoms with Crippen molar-refractivity contribution in [3.8, 4) is 0 Å². The Kier molecular flexibility index (Phi) is 6.84. The molecule has 0 spiro atoms. The second-order valence-corrected chi connectivity index (χ2v) is 2.77. The zero-order valence-corrected chi connectivity index (χ0v) is 9.50. The summed E-state index contributed by atoms with van der Waals surface area (Å²) in [5.74, 6) is 0.539. The van der Waals surface area contributed by atoms with E-state index in [1.54, 1.807) is 19.4 Å². The summed E-state index contributed by atoms with van der Waals surface area (Å²) in [6, 6.07) is 0. The quantitative estimate of drug-likeness (QED) is 0.527. The minimum atomic E-state index is 0.313. The van der Waals surface area contributed by atoms with Crippen molar-refractivity contribution in [1.82, 2.24) is 10.2 Å². The first-order valence-corrected chi connectivity index (χ1v) is 4.98. The average Bonchev–Trinajstić information content (AvgIpc) is 2.16. The third-order valence-electron chi connectivity index (χ3n) is 1.93. The van der Waals surface area contributed by atoms with Gasteiger partial charge in [0, 0.05) is 27.2 Å². The largest absolute Gasteiger partial charge is 0.394 e. The van der Waals surface area contributed by atoms with E-state index in [4.69, 9.17) is 10.1 Å². The molecule has 0 saturated carbocycles. The third kappa shape index (κ3) is 3.79. The number of likely N-dealkylation sites (tertiary alicyclic amines) is 1. The van der Waals surface area contributed by atoms with E-state index in [1.165, 1.54) is 0 Å². The molecule has 1 aliphatic heterocycles. The van der Waals surface area contributed by atoms with Crippen LogP contribution in [0.1, 0.15) is 13.8 Å². The maximum atomic E-state index is 7.56. The third-order valence-corrected chi connectivity index (χ3v) is 1.93. The molecule has 1 rings (SSSR count). The topological polar surface area (TPSA) is 48.4 Å². The van der Waals surface area contributed by atoms with Gasteiger partial charge in [-0.3, -0.25) is 5.41 Å². The molecule has 0 atom stereocenters. The van der Waals surface area contributed by atoms with Crippen molar-refractivity contribution >= 4 is 5.84 Å². The number of ether oxygens (including phenoxy) is 1. The second-order valence-electron chi connectivity index (χ2n) is 2.77. The average molecular weight is 199 g/mol. The molecular weight excluding hydrogens is 178 g/mol. The standard InChI is InChI=1S/C8H15N3O.C2H6/c1-10-4-3-8(9)11-5-7(6-11)12-2;1-2/h3-4,7,9-10H,5-6H2,1-2H3;1-2H3/b4-3-,9-8?;. The highest BCUT2D eigenvalue weighted by molar-refractivity contribution is 5.90. The molecule has 1 aliphatic rings. The summed E-state index contributed by atoms with van der Waals surface area (Å²) in [6.07, 6.45) is 3.81.